The van der Waals surface area contributed by atoms with Gasteiger partial charge in [-0.3, -0.25) is 9.20 Å². The Hall–Kier alpha value is -1.71. The van der Waals surface area contributed by atoms with Crippen molar-refractivity contribution in [3.8, 4) is 0 Å². The number of aromatic nitrogens is 3. The summed E-state index contributed by atoms with van der Waals surface area (Å²) in [5.41, 5.74) is 1.66. The van der Waals surface area contributed by atoms with Crippen LogP contribution < -0.4 is 0 Å². The maximum atomic E-state index is 10.5. The van der Waals surface area contributed by atoms with E-state index in [-0.39, 0.29) is 0 Å². The summed E-state index contributed by atoms with van der Waals surface area (Å²) in [6, 6.07) is 5.60. The van der Waals surface area contributed by atoms with Gasteiger partial charge in [0, 0.05) is 5.69 Å². The first-order valence-electron chi connectivity index (χ1n) is 3.59. The third-order valence-corrected chi connectivity index (χ3v) is 1.75. The molecule has 2 aromatic rings. The number of aldehydes is 1. The minimum atomic E-state index is 0.350. The Kier molecular flexibility index (Phi) is 1.40. The van der Waals surface area contributed by atoms with Gasteiger partial charge in [-0.15, -0.1) is 10.2 Å². The van der Waals surface area contributed by atoms with Crippen molar-refractivity contribution >= 4 is 11.9 Å². The summed E-state index contributed by atoms with van der Waals surface area (Å²) in [6.45, 7) is 1.91. The molecule has 0 saturated heterocycles. The molecule has 2 aromatic heterocycles. The van der Waals surface area contributed by atoms with Gasteiger partial charge in [-0.05, 0) is 19.1 Å². The molecule has 4 heteroatoms. The maximum Gasteiger partial charge on any atom is 0.201 e. The van der Waals surface area contributed by atoms with E-state index in [1.165, 1.54) is 0 Å². The SMILES string of the molecule is Cc1cccc2nnc(C=O)n12. The summed E-state index contributed by atoms with van der Waals surface area (Å²) in [7, 11) is 0. The zero-order chi connectivity index (χ0) is 8.55. The van der Waals surface area contributed by atoms with Crippen molar-refractivity contribution in [2.75, 3.05) is 0 Å². The van der Waals surface area contributed by atoms with E-state index in [0.29, 0.717) is 17.8 Å². The van der Waals surface area contributed by atoms with Crippen LogP contribution in [-0.4, -0.2) is 20.9 Å². The highest BCUT2D eigenvalue weighted by molar-refractivity contribution is 5.71. The van der Waals surface area contributed by atoms with E-state index in [1.807, 2.05) is 25.1 Å². The second-order valence-electron chi connectivity index (χ2n) is 2.54. The van der Waals surface area contributed by atoms with Crippen molar-refractivity contribution in [3.05, 3.63) is 29.7 Å². The van der Waals surface area contributed by atoms with Crippen LogP contribution in [-0.2, 0) is 0 Å². The molecular formula is C8H7N3O. The number of nitrogens with zero attached hydrogens (tertiary/aromatic N) is 3. The average Bonchev–Trinajstić information content (AvgIpc) is 2.49. The van der Waals surface area contributed by atoms with Crippen LogP contribution in [0.15, 0.2) is 18.2 Å². The number of pyridine rings is 1. The lowest BCUT2D eigenvalue weighted by atomic mass is 10.3. The molecule has 0 aliphatic carbocycles. The summed E-state index contributed by atoms with van der Waals surface area (Å²) in [5.74, 6) is 0.350. The summed E-state index contributed by atoms with van der Waals surface area (Å²) in [4.78, 5) is 10.5. The Labute approximate surface area is 68.8 Å². The lowest BCUT2D eigenvalue weighted by Gasteiger charge is -1.97. The van der Waals surface area contributed by atoms with Crippen molar-refractivity contribution in [1.29, 1.82) is 0 Å². The Morgan fingerprint density at radius 1 is 1.42 bits per heavy atom. The van der Waals surface area contributed by atoms with Crippen LogP contribution in [0.25, 0.3) is 5.65 Å². The fourth-order valence-electron chi connectivity index (χ4n) is 1.20. The fourth-order valence-corrected chi connectivity index (χ4v) is 1.20. The second-order valence-corrected chi connectivity index (χ2v) is 2.54. The van der Waals surface area contributed by atoms with E-state index < -0.39 is 0 Å². The largest absolute Gasteiger partial charge is 0.294 e. The molecule has 0 radical (unpaired) electrons. The molecule has 0 amide bonds. The summed E-state index contributed by atoms with van der Waals surface area (Å²) in [6.07, 6.45) is 0.701. The zero-order valence-electron chi connectivity index (χ0n) is 6.56. The summed E-state index contributed by atoms with van der Waals surface area (Å²) >= 11 is 0. The Morgan fingerprint density at radius 3 is 3.00 bits per heavy atom. The molecule has 0 spiro atoms. The minimum Gasteiger partial charge on any atom is -0.294 e. The van der Waals surface area contributed by atoms with E-state index in [2.05, 4.69) is 10.2 Å². The number of hydrogen-bond acceptors (Lipinski definition) is 3. The van der Waals surface area contributed by atoms with Crippen LogP contribution in [0.1, 0.15) is 16.3 Å². The van der Waals surface area contributed by atoms with Crippen LogP contribution in [0.2, 0.25) is 0 Å². The van der Waals surface area contributed by atoms with Gasteiger partial charge in [0.1, 0.15) is 0 Å². The van der Waals surface area contributed by atoms with E-state index >= 15 is 0 Å². The molecule has 0 N–H and O–H groups in total. The number of carbonyl (C=O) groups is 1. The Balaban J connectivity index is 2.91. The lowest BCUT2D eigenvalue weighted by molar-refractivity contribution is 0.111. The lowest BCUT2D eigenvalue weighted by Crippen LogP contribution is -1.95. The summed E-state index contributed by atoms with van der Waals surface area (Å²) in [5, 5.41) is 7.55. The zero-order valence-corrected chi connectivity index (χ0v) is 6.56. The molecule has 0 aromatic carbocycles. The van der Waals surface area contributed by atoms with Crippen LogP contribution in [0.3, 0.4) is 0 Å². The quantitative estimate of drug-likeness (QED) is 0.582. The van der Waals surface area contributed by atoms with Crippen LogP contribution in [0.5, 0.6) is 0 Å². The van der Waals surface area contributed by atoms with Gasteiger partial charge >= 0.3 is 0 Å². The molecule has 0 bridgehead atoms. The predicted molar refractivity (Wildman–Crippen MR) is 43.1 cm³/mol. The van der Waals surface area contributed by atoms with Gasteiger partial charge in [-0.1, -0.05) is 6.07 Å². The first kappa shape index (κ1) is 6.97. The van der Waals surface area contributed by atoms with Crippen LogP contribution in [0, 0.1) is 6.92 Å². The third kappa shape index (κ3) is 0.812. The van der Waals surface area contributed by atoms with E-state index in [4.69, 9.17) is 0 Å². The highest BCUT2D eigenvalue weighted by Gasteiger charge is 2.03. The predicted octanol–water partition coefficient (Wildman–Crippen LogP) is 0.850. The van der Waals surface area contributed by atoms with Gasteiger partial charge in [0.05, 0.1) is 0 Å². The van der Waals surface area contributed by atoms with E-state index in [0.717, 1.165) is 5.69 Å². The molecule has 0 saturated carbocycles. The Bertz CT molecular complexity index is 433. The van der Waals surface area contributed by atoms with Crippen molar-refractivity contribution < 1.29 is 4.79 Å². The number of hydrogen-bond donors (Lipinski definition) is 0. The smallest absolute Gasteiger partial charge is 0.201 e. The van der Waals surface area contributed by atoms with Gasteiger partial charge in [0.25, 0.3) is 0 Å². The van der Waals surface area contributed by atoms with Crippen molar-refractivity contribution in [2.45, 2.75) is 6.92 Å². The van der Waals surface area contributed by atoms with Crippen molar-refractivity contribution in [3.63, 3.8) is 0 Å². The second kappa shape index (κ2) is 2.41. The first-order valence-corrected chi connectivity index (χ1v) is 3.59. The van der Waals surface area contributed by atoms with Gasteiger partial charge in [-0.25, -0.2) is 0 Å². The van der Waals surface area contributed by atoms with Gasteiger partial charge < -0.3 is 0 Å². The molecule has 2 heterocycles. The fraction of sp³-hybridized carbons (Fsp3) is 0.125. The molecule has 2 rings (SSSR count). The van der Waals surface area contributed by atoms with Crippen molar-refractivity contribution in [2.24, 2.45) is 0 Å². The highest BCUT2D eigenvalue weighted by atomic mass is 16.1. The monoisotopic (exact) mass is 161 g/mol. The molecule has 0 aliphatic rings. The number of fused-ring (bicyclic) bond motifs is 1. The molecule has 0 unspecified atom stereocenters. The third-order valence-electron chi connectivity index (χ3n) is 1.75. The van der Waals surface area contributed by atoms with Gasteiger partial charge in [0.2, 0.25) is 5.82 Å². The van der Waals surface area contributed by atoms with E-state index in [1.54, 1.807) is 4.40 Å². The Morgan fingerprint density at radius 2 is 2.25 bits per heavy atom. The minimum absolute atomic E-state index is 0.350. The number of carbonyl (C=O) groups excluding carboxylic acids is 1. The normalized spacial score (nSPS) is 10.4. The average molecular weight is 161 g/mol. The standard InChI is InChI=1S/C8H7N3O/c1-6-3-2-4-7-9-10-8(5-12)11(6)7/h2-5H,1H3. The maximum absolute atomic E-state index is 10.5. The molecule has 60 valence electrons. The van der Waals surface area contributed by atoms with Gasteiger partial charge in [0.15, 0.2) is 11.9 Å². The topological polar surface area (TPSA) is 47.3 Å². The first-order chi connectivity index (χ1) is 5.83. The molecule has 0 fully saturated rings. The molecule has 0 aliphatic heterocycles. The highest BCUT2D eigenvalue weighted by Crippen LogP contribution is 2.05. The molecule has 4 nitrogen and oxygen atoms in total. The van der Waals surface area contributed by atoms with E-state index in [9.17, 15) is 4.79 Å². The molecule has 0 atom stereocenters. The summed E-state index contributed by atoms with van der Waals surface area (Å²) < 4.78 is 1.72. The molecular weight excluding hydrogens is 154 g/mol. The molecule has 12 heavy (non-hydrogen) atoms. The number of rotatable bonds is 1. The van der Waals surface area contributed by atoms with Crippen LogP contribution in [0.4, 0.5) is 0 Å². The number of aryl methyl sites for hydroxylation is 1. The van der Waals surface area contributed by atoms with Crippen molar-refractivity contribution in [1.82, 2.24) is 14.6 Å². The van der Waals surface area contributed by atoms with Crippen LogP contribution >= 0.6 is 0 Å². The van der Waals surface area contributed by atoms with Gasteiger partial charge in [-0.2, -0.15) is 0 Å².